The number of hydrogen-bond acceptors (Lipinski definition) is 6. The van der Waals surface area contributed by atoms with Gasteiger partial charge in [0.05, 0.1) is 24.8 Å². The molecule has 0 heterocycles. The summed E-state index contributed by atoms with van der Waals surface area (Å²) in [5, 5.41) is 2.84. The number of benzene rings is 3. The number of anilines is 1. The second-order valence-corrected chi connectivity index (χ2v) is 12.2. The molecule has 0 aliphatic carbocycles. The molecule has 1 N–H and O–H groups in total. The van der Waals surface area contributed by atoms with Gasteiger partial charge in [0, 0.05) is 19.2 Å². The zero-order chi connectivity index (χ0) is 31.7. The van der Waals surface area contributed by atoms with Crippen molar-refractivity contribution in [1.82, 2.24) is 10.2 Å². The van der Waals surface area contributed by atoms with E-state index in [-0.39, 0.29) is 23.1 Å². The Morgan fingerprint density at radius 3 is 2.14 bits per heavy atom. The van der Waals surface area contributed by atoms with E-state index in [1.54, 1.807) is 19.1 Å². The van der Waals surface area contributed by atoms with Gasteiger partial charge >= 0.3 is 0 Å². The molecule has 0 aromatic heterocycles. The molecule has 11 heteroatoms. The fraction of sp³-hybridized carbons (Fsp3) is 0.375. The molecule has 1 atom stereocenters. The monoisotopic (exact) mass is 613 g/mol. The molecule has 0 bridgehead atoms. The first-order valence-corrected chi connectivity index (χ1v) is 15.5. The first kappa shape index (κ1) is 33.4. The molecule has 0 aliphatic rings. The quantitative estimate of drug-likeness (QED) is 0.257. The van der Waals surface area contributed by atoms with E-state index in [0.717, 1.165) is 28.3 Å². The van der Waals surface area contributed by atoms with Gasteiger partial charge in [0.25, 0.3) is 10.0 Å². The molecule has 43 heavy (non-hydrogen) atoms. The SMILES string of the molecule is CCCCNC(=O)[C@H](C)N(Cc1ccc(F)cc1)C(=O)CN(c1cc(C)cc(C)c1)S(=O)(=O)c1ccc(OC)c(OC)c1. The first-order valence-electron chi connectivity index (χ1n) is 14.1. The number of amides is 2. The third-order valence-corrected chi connectivity index (χ3v) is 8.75. The molecule has 2 amide bonds. The molecule has 0 radical (unpaired) electrons. The van der Waals surface area contributed by atoms with Crippen molar-refractivity contribution >= 4 is 27.5 Å². The van der Waals surface area contributed by atoms with Crippen LogP contribution in [0.2, 0.25) is 0 Å². The third-order valence-electron chi connectivity index (χ3n) is 6.98. The number of sulfonamides is 1. The first-order chi connectivity index (χ1) is 20.4. The van der Waals surface area contributed by atoms with Crippen molar-refractivity contribution in [2.75, 3.05) is 31.6 Å². The van der Waals surface area contributed by atoms with Crippen LogP contribution >= 0.6 is 0 Å². The van der Waals surface area contributed by atoms with Gasteiger partial charge in [0.1, 0.15) is 18.4 Å². The number of methoxy groups -OCH3 is 2. The predicted molar refractivity (Wildman–Crippen MR) is 164 cm³/mol. The van der Waals surface area contributed by atoms with Gasteiger partial charge in [-0.1, -0.05) is 31.5 Å². The van der Waals surface area contributed by atoms with E-state index in [9.17, 15) is 22.4 Å². The van der Waals surface area contributed by atoms with Gasteiger partial charge in [-0.25, -0.2) is 12.8 Å². The second-order valence-electron chi connectivity index (χ2n) is 10.3. The molecule has 0 unspecified atom stereocenters. The topological polar surface area (TPSA) is 105 Å². The summed E-state index contributed by atoms with van der Waals surface area (Å²) in [7, 11) is -1.47. The molecule has 0 saturated carbocycles. The van der Waals surface area contributed by atoms with Gasteiger partial charge in [0.15, 0.2) is 11.5 Å². The van der Waals surface area contributed by atoms with Crippen LogP contribution in [0.4, 0.5) is 10.1 Å². The fourth-order valence-electron chi connectivity index (χ4n) is 4.63. The normalized spacial score (nSPS) is 11.9. The lowest BCUT2D eigenvalue weighted by atomic mass is 10.1. The Morgan fingerprint density at radius 2 is 1.56 bits per heavy atom. The summed E-state index contributed by atoms with van der Waals surface area (Å²) in [6.07, 6.45) is 1.65. The summed E-state index contributed by atoms with van der Waals surface area (Å²) >= 11 is 0. The fourth-order valence-corrected chi connectivity index (χ4v) is 6.05. The maximum absolute atomic E-state index is 14.2. The Hall–Kier alpha value is -4.12. The van der Waals surface area contributed by atoms with Crippen LogP contribution in [0.5, 0.6) is 11.5 Å². The van der Waals surface area contributed by atoms with Crippen LogP contribution in [0, 0.1) is 19.7 Å². The van der Waals surface area contributed by atoms with E-state index in [2.05, 4.69) is 5.32 Å². The van der Waals surface area contributed by atoms with Crippen LogP contribution in [0.15, 0.2) is 65.6 Å². The highest BCUT2D eigenvalue weighted by Crippen LogP contribution is 2.33. The number of carbonyl (C=O) groups excluding carboxylic acids is 2. The number of nitrogens with zero attached hydrogens (tertiary/aromatic N) is 2. The molecule has 3 aromatic carbocycles. The molecule has 3 rings (SSSR count). The zero-order valence-corrected chi connectivity index (χ0v) is 26.3. The Bertz CT molecular complexity index is 1510. The summed E-state index contributed by atoms with van der Waals surface area (Å²) in [5.74, 6) is -0.848. The van der Waals surface area contributed by atoms with E-state index < -0.39 is 34.3 Å². The summed E-state index contributed by atoms with van der Waals surface area (Å²) < 4.78 is 53.7. The molecular weight excluding hydrogens is 573 g/mol. The van der Waals surface area contributed by atoms with Gasteiger partial charge in [-0.3, -0.25) is 13.9 Å². The third kappa shape index (κ3) is 8.47. The van der Waals surface area contributed by atoms with Gasteiger partial charge in [0.2, 0.25) is 11.8 Å². The molecular formula is C32H40FN3O6S. The smallest absolute Gasteiger partial charge is 0.264 e. The summed E-state index contributed by atoms with van der Waals surface area (Å²) in [6.45, 7) is 7.09. The highest BCUT2D eigenvalue weighted by molar-refractivity contribution is 7.92. The summed E-state index contributed by atoms with van der Waals surface area (Å²) in [6, 6.07) is 14.1. The Kier molecular flexibility index (Phi) is 11.5. The molecule has 3 aromatic rings. The van der Waals surface area contributed by atoms with Gasteiger partial charge in [-0.2, -0.15) is 0 Å². The largest absolute Gasteiger partial charge is 0.493 e. The zero-order valence-electron chi connectivity index (χ0n) is 25.5. The molecule has 0 saturated heterocycles. The number of halogens is 1. The summed E-state index contributed by atoms with van der Waals surface area (Å²) in [4.78, 5) is 28.4. The Morgan fingerprint density at radius 1 is 0.930 bits per heavy atom. The number of rotatable bonds is 14. The van der Waals surface area contributed by atoms with Gasteiger partial charge in [-0.05, 0) is 80.3 Å². The second kappa shape index (κ2) is 14.9. The summed E-state index contributed by atoms with van der Waals surface area (Å²) in [5.41, 5.74) is 2.50. The molecule has 0 spiro atoms. The van der Waals surface area contributed by atoms with E-state index in [0.29, 0.717) is 23.5 Å². The average Bonchev–Trinajstić information content (AvgIpc) is 2.98. The van der Waals surface area contributed by atoms with Crippen molar-refractivity contribution < 1.29 is 31.9 Å². The van der Waals surface area contributed by atoms with Crippen LogP contribution < -0.4 is 19.1 Å². The number of carbonyl (C=O) groups is 2. The van der Waals surface area contributed by atoms with Crippen LogP contribution in [0.25, 0.3) is 0 Å². The minimum Gasteiger partial charge on any atom is -0.493 e. The van der Waals surface area contributed by atoms with Crippen molar-refractivity contribution in [1.29, 1.82) is 0 Å². The molecule has 9 nitrogen and oxygen atoms in total. The van der Waals surface area contributed by atoms with Crippen molar-refractivity contribution in [2.24, 2.45) is 0 Å². The number of ether oxygens (including phenoxy) is 2. The lowest BCUT2D eigenvalue weighted by Gasteiger charge is -2.32. The molecule has 0 aliphatic heterocycles. The van der Waals surface area contributed by atoms with E-state index in [1.807, 2.05) is 26.8 Å². The number of hydrogen-bond donors (Lipinski definition) is 1. The standard InChI is InChI=1S/C32H40FN3O6S/c1-7-8-15-34-32(38)24(4)35(20-25-9-11-26(33)12-10-25)31(37)21-36(27-17-22(2)16-23(3)18-27)43(39,40)28-13-14-29(41-5)30(19-28)42-6/h9-14,16-19,24H,7-8,15,20-21H2,1-6H3,(H,34,38)/t24-/m0/s1. The maximum Gasteiger partial charge on any atom is 0.264 e. The highest BCUT2D eigenvalue weighted by atomic mass is 32.2. The van der Waals surface area contributed by atoms with Crippen LogP contribution in [0.3, 0.4) is 0 Å². The van der Waals surface area contributed by atoms with E-state index in [4.69, 9.17) is 9.47 Å². The highest BCUT2D eigenvalue weighted by Gasteiger charge is 2.33. The lowest BCUT2D eigenvalue weighted by molar-refractivity contribution is -0.139. The minimum atomic E-state index is -4.32. The van der Waals surface area contributed by atoms with Gasteiger partial charge < -0.3 is 19.7 Å². The van der Waals surface area contributed by atoms with Crippen LogP contribution in [-0.4, -0.2) is 58.5 Å². The van der Waals surface area contributed by atoms with Crippen molar-refractivity contribution in [3.8, 4) is 11.5 Å². The number of aryl methyl sites for hydroxylation is 2. The predicted octanol–water partition coefficient (Wildman–Crippen LogP) is 4.99. The lowest BCUT2D eigenvalue weighted by Crippen LogP contribution is -2.51. The van der Waals surface area contributed by atoms with Crippen LogP contribution in [0.1, 0.15) is 43.4 Å². The average molecular weight is 614 g/mol. The van der Waals surface area contributed by atoms with Gasteiger partial charge in [-0.15, -0.1) is 0 Å². The number of unbranched alkanes of at least 4 members (excludes halogenated alkanes) is 1. The van der Waals surface area contributed by atoms with E-state index >= 15 is 0 Å². The minimum absolute atomic E-state index is 0.0292. The molecule has 232 valence electrons. The molecule has 0 fully saturated rings. The Labute approximate surface area is 253 Å². The Balaban J connectivity index is 2.08. The van der Waals surface area contributed by atoms with Crippen molar-refractivity contribution in [3.05, 3.63) is 83.2 Å². The maximum atomic E-state index is 14.2. The number of nitrogens with one attached hydrogen (secondary N) is 1. The van der Waals surface area contributed by atoms with Crippen molar-refractivity contribution in [2.45, 2.75) is 58.0 Å². The van der Waals surface area contributed by atoms with Crippen molar-refractivity contribution in [3.63, 3.8) is 0 Å². The van der Waals surface area contributed by atoms with Crippen LogP contribution in [-0.2, 0) is 26.2 Å². The van der Waals surface area contributed by atoms with E-state index in [1.165, 1.54) is 61.6 Å².